The Hall–Kier alpha value is -2.90. The van der Waals surface area contributed by atoms with Crippen molar-refractivity contribution in [2.75, 3.05) is 14.2 Å². The summed E-state index contributed by atoms with van der Waals surface area (Å²) in [5, 5.41) is 2.55. The Bertz CT molecular complexity index is 747. The van der Waals surface area contributed by atoms with Crippen molar-refractivity contribution in [1.82, 2.24) is 5.32 Å². The summed E-state index contributed by atoms with van der Waals surface area (Å²) in [6.45, 7) is -0.147. The molecule has 8 heteroatoms. The Morgan fingerprint density at radius 1 is 1.04 bits per heavy atom. The number of carbonyl (C=O) groups is 1. The molecule has 2 aromatic carbocycles. The summed E-state index contributed by atoms with van der Waals surface area (Å²) in [7, 11) is 2.86. The minimum absolute atomic E-state index is 0.147. The molecule has 0 aliphatic rings. The Morgan fingerprint density at radius 2 is 1.76 bits per heavy atom. The summed E-state index contributed by atoms with van der Waals surface area (Å²) in [6.07, 6.45) is -4.81. The third kappa shape index (κ3) is 5.03. The predicted molar refractivity (Wildman–Crippen MR) is 83.8 cm³/mol. The summed E-state index contributed by atoms with van der Waals surface area (Å²) < 4.78 is 51.4. The van der Waals surface area contributed by atoms with Gasteiger partial charge in [-0.15, -0.1) is 13.2 Å². The van der Waals surface area contributed by atoms with E-state index in [-0.39, 0.29) is 23.4 Å². The second-order valence-electron chi connectivity index (χ2n) is 4.90. The van der Waals surface area contributed by atoms with Crippen LogP contribution >= 0.6 is 0 Å². The van der Waals surface area contributed by atoms with Crippen LogP contribution in [0.25, 0.3) is 0 Å². The van der Waals surface area contributed by atoms with Gasteiger partial charge >= 0.3 is 6.36 Å². The van der Waals surface area contributed by atoms with Crippen LogP contribution in [0.5, 0.6) is 17.2 Å². The molecule has 0 radical (unpaired) electrons. The molecule has 25 heavy (non-hydrogen) atoms. The van der Waals surface area contributed by atoms with Crippen LogP contribution in [0.15, 0.2) is 42.5 Å². The van der Waals surface area contributed by atoms with Crippen molar-refractivity contribution in [2.45, 2.75) is 12.9 Å². The SMILES string of the molecule is COc1ccc(OC)c(C(=O)NCc2ccccc2OC(F)(F)F)c1. The molecule has 0 aromatic heterocycles. The number of rotatable bonds is 6. The number of ether oxygens (including phenoxy) is 3. The molecule has 1 N–H and O–H groups in total. The van der Waals surface area contributed by atoms with E-state index in [0.717, 1.165) is 0 Å². The molecule has 0 unspecified atom stereocenters. The third-order valence-corrected chi connectivity index (χ3v) is 3.29. The van der Waals surface area contributed by atoms with E-state index in [0.29, 0.717) is 11.5 Å². The maximum absolute atomic E-state index is 12.4. The number of halogens is 3. The topological polar surface area (TPSA) is 56.8 Å². The molecule has 0 atom stereocenters. The number of amides is 1. The molecule has 0 heterocycles. The van der Waals surface area contributed by atoms with Crippen molar-refractivity contribution in [3.05, 3.63) is 53.6 Å². The molecule has 0 aliphatic heterocycles. The highest BCUT2D eigenvalue weighted by Crippen LogP contribution is 2.27. The van der Waals surface area contributed by atoms with Crippen molar-refractivity contribution in [3.63, 3.8) is 0 Å². The van der Waals surface area contributed by atoms with E-state index in [1.54, 1.807) is 18.2 Å². The van der Waals surface area contributed by atoms with Gasteiger partial charge in [0.05, 0.1) is 19.8 Å². The number of hydrogen-bond acceptors (Lipinski definition) is 4. The lowest BCUT2D eigenvalue weighted by Gasteiger charge is -2.14. The van der Waals surface area contributed by atoms with Crippen LogP contribution in [-0.2, 0) is 6.54 Å². The first kappa shape index (κ1) is 18.4. The van der Waals surface area contributed by atoms with Crippen LogP contribution < -0.4 is 19.5 Å². The number of hydrogen-bond donors (Lipinski definition) is 1. The zero-order valence-electron chi connectivity index (χ0n) is 13.5. The van der Waals surface area contributed by atoms with Gasteiger partial charge < -0.3 is 19.5 Å². The second kappa shape index (κ2) is 7.78. The molecule has 0 fully saturated rings. The van der Waals surface area contributed by atoms with Crippen LogP contribution in [0.4, 0.5) is 13.2 Å². The smallest absolute Gasteiger partial charge is 0.497 e. The average Bonchev–Trinajstić information content (AvgIpc) is 2.58. The lowest BCUT2D eigenvalue weighted by molar-refractivity contribution is -0.274. The van der Waals surface area contributed by atoms with Gasteiger partial charge in [-0.25, -0.2) is 0 Å². The fraction of sp³-hybridized carbons (Fsp3) is 0.235. The van der Waals surface area contributed by atoms with E-state index in [1.165, 1.54) is 38.5 Å². The minimum Gasteiger partial charge on any atom is -0.497 e. The first-order chi connectivity index (χ1) is 11.8. The molecule has 2 aromatic rings. The van der Waals surface area contributed by atoms with Crippen LogP contribution in [0.2, 0.25) is 0 Å². The molecule has 0 saturated carbocycles. The van der Waals surface area contributed by atoms with Gasteiger partial charge in [-0.05, 0) is 24.3 Å². The quantitative estimate of drug-likeness (QED) is 0.861. The van der Waals surface area contributed by atoms with E-state index in [9.17, 15) is 18.0 Å². The number of alkyl halides is 3. The zero-order valence-corrected chi connectivity index (χ0v) is 13.5. The fourth-order valence-corrected chi connectivity index (χ4v) is 2.14. The highest BCUT2D eigenvalue weighted by atomic mass is 19.4. The first-order valence-corrected chi connectivity index (χ1v) is 7.18. The van der Waals surface area contributed by atoms with E-state index in [2.05, 4.69) is 10.1 Å². The van der Waals surface area contributed by atoms with E-state index >= 15 is 0 Å². The molecule has 0 bridgehead atoms. The fourth-order valence-electron chi connectivity index (χ4n) is 2.14. The highest BCUT2D eigenvalue weighted by molar-refractivity contribution is 5.97. The molecular formula is C17H16F3NO4. The van der Waals surface area contributed by atoms with Crippen LogP contribution in [-0.4, -0.2) is 26.5 Å². The molecule has 5 nitrogen and oxygen atoms in total. The number of para-hydroxylation sites is 1. The maximum Gasteiger partial charge on any atom is 0.573 e. The largest absolute Gasteiger partial charge is 0.573 e. The monoisotopic (exact) mass is 355 g/mol. The first-order valence-electron chi connectivity index (χ1n) is 7.18. The van der Waals surface area contributed by atoms with Gasteiger partial charge in [-0.1, -0.05) is 18.2 Å². The van der Waals surface area contributed by atoms with Gasteiger partial charge in [-0.3, -0.25) is 4.79 Å². The number of carbonyl (C=O) groups excluding carboxylic acids is 1. The van der Waals surface area contributed by atoms with Crippen molar-refractivity contribution in [1.29, 1.82) is 0 Å². The average molecular weight is 355 g/mol. The molecule has 0 aliphatic carbocycles. The zero-order chi connectivity index (χ0) is 18.4. The predicted octanol–water partition coefficient (Wildman–Crippen LogP) is 3.53. The van der Waals surface area contributed by atoms with Crippen LogP contribution in [0, 0.1) is 0 Å². The Balaban J connectivity index is 2.16. The van der Waals surface area contributed by atoms with Gasteiger partial charge in [0.1, 0.15) is 17.2 Å². The summed E-state index contributed by atoms with van der Waals surface area (Å²) in [4.78, 5) is 12.4. The number of benzene rings is 2. The number of methoxy groups -OCH3 is 2. The summed E-state index contributed by atoms with van der Waals surface area (Å²) >= 11 is 0. The molecule has 0 spiro atoms. The van der Waals surface area contributed by atoms with Gasteiger partial charge in [0.25, 0.3) is 5.91 Å². The van der Waals surface area contributed by atoms with Gasteiger partial charge in [0, 0.05) is 12.1 Å². The second-order valence-corrected chi connectivity index (χ2v) is 4.90. The van der Waals surface area contributed by atoms with Gasteiger partial charge in [0.15, 0.2) is 0 Å². The molecule has 0 saturated heterocycles. The lowest BCUT2D eigenvalue weighted by atomic mass is 10.1. The minimum atomic E-state index is -4.81. The van der Waals surface area contributed by atoms with E-state index in [4.69, 9.17) is 9.47 Å². The Morgan fingerprint density at radius 3 is 2.40 bits per heavy atom. The summed E-state index contributed by atoms with van der Waals surface area (Å²) in [5.41, 5.74) is 0.395. The van der Waals surface area contributed by atoms with E-state index < -0.39 is 12.3 Å². The van der Waals surface area contributed by atoms with Gasteiger partial charge in [-0.2, -0.15) is 0 Å². The lowest BCUT2D eigenvalue weighted by Crippen LogP contribution is -2.25. The Labute approximate surface area is 142 Å². The van der Waals surface area contributed by atoms with Crippen molar-refractivity contribution in [3.8, 4) is 17.2 Å². The van der Waals surface area contributed by atoms with Crippen molar-refractivity contribution < 1.29 is 32.2 Å². The van der Waals surface area contributed by atoms with Crippen LogP contribution in [0.1, 0.15) is 15.9 Å². The maximum atomic E-state index is 12.4. The highest BCUT2D eigenvalue weighted by Gasteiger charge is 2.32. The Kier molecular flexibility index (Phi) is 5.74. The normalized spacial score (nSPS) is 10.9. The standard InChI is InChI=1S/C17H16F3NO4/c1-23-12-7-8-15(24-2)13(9-12)16(22)21-10-11-5-3-4-6-14(11)25-17(18,19)20/h3-9H,10H2,1-2H3,(H,21,22). The molecule has 2 rings (SSSR count). The van der Waals surface area contributed by atoms with E-state index in [1.807, 2.05) is 0 Å². The molecular weight excluding hydrogens is 339 g/mol. The van der Waals surface area contributed by atoms with Gasteiger partial charge in [0.2, 0.25) is 0 Å². The van der Waals surface area contributed by atoms with Crippen molar-refractivity contribution in [2.24, 2.45) is 0 Å². The molecule has 134 valence electrons. The summed E-state index contributed by atoms with van der Waals surface area (Å²) in [6, 6.07) is 10.3. The third-order valence-electron chi connectivity index (χ3n) is 3.29. The van der Waals surface area contributed by atoms with Crippen LogP contribution in [0.3, 0.4) is 0 Å². The summed E-state index contributed by atoms with van der Waals surface area (Å²) in [5.74, 6) is -0.115. The van der Waals surface area contributed by atoms with Crippen molar-refractivity contribution >= 4 is 5.91 Å². The number of nitrogens with one attached hydrogen (secondary N) is 1. The molecule has 1 amide bonds.